The summed E-state index contributed by atoms with van der Waals surface area (Å²) >= 11 is 8.49. The maximum Gasteiger partial charge on any atom is 0.264 e. The van der Waals surface area contributed by atoms with E-state index in [1.54, 1.807) is 0 Å². The average Bonchev–Trinajstić information content (AvgIpc) is 3.10. The first-order chi connectivity index (χ1) is 15.8. The van der Waals surface area contributed by atoms with Crippen LogP contribution in [0.15, 0.2) is 73.4 Å². The number of rotatable bonds is 5. The molecule has 0 aliphatic carbocycles. The third kappa shape index (κ3) is 5.96. The van der Waals surface area contributed by atoms with E-state index < -0.39 is 0 Å². The standard InChI is InChI=1S/C26H22Br2N2O2S/c1-15-5-4-6-19(9-15)14-32-22-8-7-18(12-21(22)27)13-23-25(31)30-26(33-23)29-20-10-16(2)24(28)17(3)11-20/h4-13H,14H2,1-3H3,(H,29,30,31)/b23-13-. The average molecular weight is 586 g/mol. The number of benzene rings is 3. The van der Waals surface area contributed by atoms with E-state index in [2.05, 4.69) is 61.2 Å². The number of amides is 1. The van der Waals surface area contributed by atoms with Crippen molar-refractivity contribution in [3.63, 3.8) is 0 Å². The van der Waals surface area contributed by atoms with Crippen molar-refractivity contribution in [1.82, 2.24) is 5.32 Å². The monoisotopic (exact) mass is 584 g/mol. The summed E-state index contributed by atoms with van der Waals surface area (Å²) in [6.45, 7) is 6.61. The van der Waals surface area contributed by atoms with Gasteiger partial charge in [-0.2, -0.15) is 0 Å². The van der Waals surface area contributed by atoms with Crippen molar-refractivity contribution in [2.45, 2.75) is 27.4 Å². The fraction of sp³-hybridized carbons (Fsp3) is 0.154. The van der Waals surface area contributed by atoms with Crippen LogP contribution < -0.4 is 10.1 Å². The number of aliphatic imine (C=N–C) groups is 1. The van der Waals surface area contributed by atoms with E-state index >= 15 is 0 Å². The number of halogens is 2. The molecular formula is C26H22Br2N2O2S. The minimum atomic E-state index is -0.153. The quantitative estimate of drug-likeness (QED) is 0.313. The Kier molecular flexibility index (Phi) is 7.41. The van der Waals surface area contributed by atoms with Crippen molar-refractivity contribution < 1.29 is 9.53 Å². The van der Waals surface area contributed by atoms with E-state index in [9.17, 15) is 4.79 Å². The summed E-state index contributed by atoms with van der Waals surface area (Å²) in [4.78, 5) is 17.7. The fourth-order valence-corrected chi connectivity index (χ4v) is 5.01. The third-order valence-electron chi connectivity index (χ3n) is 5.03. The lowest BCUT2D eigenvalue weighted by Crippen LogP contribution is -2.19. The highest BCUT2D eigenvalue weighted by atomic mass is 79.9. The van der Waals surface area contributed by atoms with Gasteiger partial charge in [0.2, 0.25) is 0 Å². The summed E-state index contributed by atoms with van der Waals surface area (Å²) in [5.41, 5.74) is 6.25. The first-order valence-electron chi connectivity index (χ1n) is 10.3. The molecule has 1 aliphatic rings. The van der Waals surface area contributed by atoms with Gasteiger partial charge in [-0.25, -0.2) is 4.99 Å². The molecule has 0 atom stereocenters. The molecule has 4 nitrogen and oxygen atoms in total. The molecule has 7 heteroatoms. The summed E-state index contributed by atoms with van der Waals surface area (Å²) in [5, 5.41) is 3.43. The first-order valence-corrected chi connectivity index (χ1v) is 12.7. The number of hydrogen-bond acceptors (Lipinski definition) is 4. The Balaban J connectivity index is 1.47. The maximum absolute atomic E-state index is 12.5. The minimum Gasteiger partial charge on any atom is -0.488 e. The SMILES string of the molecule is Cc1cccc(COc2ccc(/C=C3\SC(=Nc4cc(C)c(Br)c(C)c4)NC3=O)cc2Br)c1. The summed E-state index contributed by atoms with van der Waals surface area (Å²) in [7, 11) is 0. The highest BCUT2D eigenvalue weighted by Crippen LogP contribution is 2.33. The van der Waals surface area contributed by atoms with Gasteiger partial charge in [0.15, 0.2) is 5.17 Å². The van der Waals surface area contributed by atoms with Crippen LogP contribution in [0.2, 0.25) is 0 Å². The lowest BCUT2D eigenvalue weighted by Gasteiger charge is -2.09. The summed E-state index contributed by atoms with van der Waals surface area (Å²) in [6.07, 6.45) is 1.86. The van der Waals surface area contributed by atoms with Crippen LogP contribution >= 0.6 is 43.6 Å². The fourth-order valence-electron chi connectivity index (χ4n) is 3.42. The van der Waals surface area contributed by atoms with Gasteiger partial charge >= 0.3 is 0 Å². The van der Waals surface area contributed by atoms with E-state index in [1.807, 2.05) is 62.4 Å². The van der Waals surface area contributed by atoms with Crippen LogP contribution in [0.3, 0.4) is 0 Å². The van der Waals surface area contributed by atoms with Gasteiger partial charge in [-0.15, -0.1) is 0 Å². The van der Waals surface area contributed by atoms with Crippen molar-refractivity contribution in [3.8, 4) is 5.75 Å². The molecule has 3 aromatic carbocycles. The van der Waals surface area contributed by atoms with E-state index in [4.69, 9.17) is 4.74 Å². The molecule has 1 amide bonds. The number of nitrogens with one attached hydrogen (secondary N) is 1. The molecule has 1 heterocycles. The summed E-state index contributed by atoms with van der Waals surface area (Å²) in [6, 6.07) is 18.0. The predicted molar refractivity (Wildman–Crippen MR) is 144 cm³/mol. The number of nitrogens with zero attached hydrogens (tertiary/aromatic N) is 1. The molecule has 33 heavy (non-hydrogen) atoms. The molecule has 1 saturated heterocycles. The van der Waals surface area contributed by atoms with Crippen LogP contribution in [0.5, 0.6) is 5.75 Å². The highest BCUT2D eigenvalue weighted by Gasteiger charge is 2.24. The molecule has 3 aromatic rings. The molecule has 4 rings (SSSR count). The molecule has 0 unspecified atom stereocenters. The second-order valence-electron chi connectivity index (χ2n) is 7.84. The Morgan fingerprint density at radius 2 is 1.79 bits per heavy atom. The van der Waals surface area contributed by atoms with E-state index in [1.165, 1.54) is 17.3 Å². The normalized spacial score (nSPS) is 15.8. The molecule has 0 bridgehead atoms. The number of hydrogen-bond donors (Lipinski definition) is 1. The summed E-state index contributed by atoms with van der Waals surface area (Å²) < 4.78 is 7.87. The number of aryl methyl sites for hydroxylation is 3. The molecule has 1 aliphatic heterocycles. The van der Waals surface area contributed by atoms with Gasteiger partial charge in [0.25, 0.3) is 5.91 Å². The molecule has 0 saturated carbocycles. The lowest BCUT2D eigenvalue weighted by molar-refractivity contribution is -0.115. The second kappa shape index (κ2) is 10.3. The van der Waals surface area contributed by atoms with Gasteiger partial charge in [0, 0.05) is 4.47 Å². The number of carbonyl (C=O) groups excluding carboxylic acids is 1. The van der Waals surface area contributed by atoms with Gasteiger partial charge in [-0.1, -0.05) is 51.8 Å². The number of carbonyl (C=O) groups is 1. The van der Waals surface area contributed by atoms with Gasteiger partial charge in [-0.3, -0.25) is 4.79 Å². The smallest absolute Gasteiger partial charge is 0.264 e. The van der Waals surface area contributed by atoms with E-state index in [-0.39, 0.29) is 5.91 Å². The largest absolute Gasteiger partial charge is 0.488 e. The molecular weight excluding hydrogens is 564 g/mol. The third-order valence-corrected chi connectivity index (χ3v) is 7.81. The van der Waals surface area contributed by atoms with Crippen LogP contribution in [-0.2, 0) is 11.4 Å². The zero-order chi connectivity index (χ0) is 23.5. The minimum absolute atomic E-state index is 0.153. The zero-order valence-corrected chi connectivity index (χ0v) is 22.4. The Labute approximate surface area is 214 Å². The van der Waals surface area contributed by atoms with Gasteiger partial charge < -0.3 is 10.1 Å². The first kappa shape index (κ1) is 23.8. The Hall–Kier alpha value is -2.35. The van der Waals surface area contributed by atoms with Crippen LogP contribution in [0.1, 0.15) is 27.8 Å². The van der Waals surface area contributed by atoms with Crippen LogP contribution in [0, 0.1) is 20.8 Å². The van der Waals surface area contributed by atoms with Crippen molar-refractivity contribution in [2.24, 2.45) is 4.99 Å². The summed E-state index contributed by atoms with van der Waals surface area (Å²) in [5.74, 6) is 0.602. The Morgan fingerprint density at radius 1 is 1.03 bits per heavy atom. The Morgan fingerprint density at radius 3 is 2.48 bits per heavy atom. The molecule has 0 aromatic heterocycles. The molecule has 0 spiro atoms. The zero-order valence-electron chi connectivity index (χ0n) is 18.4. The van der Waals surface area contributed by atoms with E-state index in [0.29, 0.717) is 16.7 Å². The van der Waals surface area contributed by atoms with Crippen molar-refractivity contribution in [3.05, 3.63) is 96.3 Å². The van der Waals surface area contributed by atoms with Crippen LogP contribution in [0.4, 0.5) is 5.69 Å². The lowest BCUT2D eigenvalue weighted by atomic mass is 10.1. The second-order valence-corrected chi connectivity index (χ2v) is 10.5. The molecule has 1 fully saturated rings. The molecule has 1 N–H and O–H groups in total. The predicted octanol–water partition coefficient (Wildman–Crippen LogP) is 7.61. The number of amidine groups is 1. The molecule has 0 radical (unpaired) electrons. The van der Waals surface area contributed by atoms with Gasteiger partial charge in [0.1, 0.15) is 12.4 Å². The van der Waals surface area contributed by atoms with Gasteiger partial charge in [0.05, 0.1) is 15.1 Å². The van der Waals surface area contributed by atoms with Crippen molar-refractivity contribution in [2.75, 3.05) is 0 Å². The Bertz CT molecular complexity index is 1280. The molecule has 168 valence electrons. The topological polar surface area (TPSA) is 50.7 Å². The van der Waals surface area contributed by atoms with E-state index in [0.717, 1.165) is 42.6 Å². The van der Waals surface area contributed by atoms with Crippen molar-refractivity contribution in [1.29, 1.82) is 0 Å². The van der Waals surface area contributed by atoms with Gasteiger partial charge in [-0.05, 0) is 101 Å². The number of thioether (sulfide) groups is 1. The number of ether oxygens (including phenoxy) is 1. The maximum atomic E-state index is 12.5. The van der Waals surface area contributed by atoms with Crippen molar-refractivity contribution >= 4 is 66.5 Å². The van der Waals surface area contributed by atoms with Crippen LogP contribution in [0.25, 0.3) is 6.08 Å². The van der Waals surface area contributed by atoms with Crippen LogP contribution in [-0.4, -0.2) is 11.1 Å². The highest BCUT2D eigenvalue weighted by molar-refractivity contribution is 9.10.